The molecule has 0 atom stereocenters. The van der Waals surface area contributed by atoms with Gasteiger partial charge in [-0.15, -0.1) is 0 Å². The lowest BCUT2D eigenvalue weighted by atomic mass is 10.1. The first-order valence-corrected chi connectivity index (χ1v) is 10.1. The van der Waals surface area contributed by atoms with E-state index in [1.54, 1.807) is 0 Å². The summed E-state index contributed by atoms with van der Waals surface area (Å²) in [5, 5.41) is 11.2. The average Bonchev–Trinajstić information content (AvgIpc) is 2.67. The Morgan fingerprint density at radius 2 is 1.61 bits per heavy atom. The third-order valence-corrected chi connectivity index (χ3v) is 4.41. The number of nitro benzene ring substituents is 1. The number of hydrogen-bond acceptors (Lipinski definition) is 6. The summed E-state index contributed by atoms with van der Waals surface area (Å²) in [7, 11) is 0. The average molecular weight is 414 g/mol. The summed E-state index contributed by atoms with van der Waals surface area (Å²) in [5.74, 6) is -1.06. The minimum atomic E-state index is -0.614. The predicted octanol–water partition coefficient (Wildman–Crippen LogP) is 5.37. The summed E-state index contributed by atoms with van der Waals surface area (Å²) in [6.07, 6.45) is 7.72. The summed E-state index contributed by atoms with van der Waals surface area (Å²) >= 11 is 5.73. The fourth-order valence-corrected chi connectivity index (χ4v) is 2.75. The molecule has 0 aliphatic rings. The van der Waals surface area contributed by atoms with Crippen LogP contribution in [-0.2, 0) is 25.7 Å². The number of nitrogens with zero attached hydrogens (tertiary/aromatic N) is 1. The predicted molar refractivity (Wildman–Crippen MR) is 106 cm³/mol. The van der Waals surface area contributed by atoms with Gasteiger partial charge in [-0.3, -0.25) is 19.7 Å². The first-order chi connectivity index (χ1) is 13.4. The van der Waals surface area contributed by atoms with E-state index in [9.17, 15) is 19.7 Å². The van der Waals surface area contributed by atoms with Crippen molar-refractivity contribution in [1.82, 2.24) is 0 Å². The standard InChI is InChI=1S/C20H28ClNO6/c1-2-3-4-5-6-7-8-13-27-19(23)11-12-20(24)28-15-16-9-10-17(21)14-18(16)22(25)26/h9-10,14H,2-8,11-13,15H2,1H3. The molecule has 1 aromatic carbocycles. The van der Waals surface area contributed by atoms with Gasteiger partial charge in [0.1, 0.15) is 6.61 Å². The van der Waals surface area contributed by atoms with Gasteiger partial charge in [0.25, 0.3) is 5.69 Å². The van der Waals surface area contributed by atoms with Crippen LogP contribution in [-0.4, -0.2) is 23.5 Å². The van der Waals surface area contributed by atoms with Gasteiger partial charge in [-0.05, 0) is 18.6 Å². The number of rotatable bonds is 14. The molecule has 0 heterocycles. The van der Waals surface area contributed by atoms with Gasteiger partial charge in [0.05, 0.1) is 29.9 Å². The summed E-state index contributed by atoms with van der Waals surface area (Å²) in [6.45, 7) is 2.29. The second kappa shape index (κ2) is 13.9. The summed E-state index contributed by atoms with van der Waals surface area (Å²) in [5.41, 5.74) is 0.0265. The number of ether oxygens (including phenoxy) is 2. The highest BCUT2D eigenvalue weighted by Crippen LogP contribution is 2.24. The lowest BCUT2D eigenvalue weighted by molar-refractivity contribution is -0.385. The summed E-state index contributed by atoms with van der Waals surface area (Å²) < 4.78 is 10.1. The van der Waals surface area contributed by atoms with Crippen LogP contribution in [0.2, 0.25) is 5.02 Å². The number of carbonyl (C=O) groups is 2. The van der Waals surface area contributed by atoms with E-state index in [-0.39, 0.29) is 35.7 Å². The quantitative estimate of drug-likeness (QED) is 0.176. The maximum Gasteiger partial charge on any atom is 0.306 e. The van der Waals surface area contributed by atoms with Gasteiger partial charge in [0.2, 0.25) is 0 Å². The van der Waals surface area contributed by atoms with Gasteiger partial charge in [-0.25, -0.2) is 0 Å². The highest BCUT2D eigenvalue weighted by atomic mass is 35.5. The minimum absolute atomic E-state index is 0.0714. The molecule has 0 aliphatic heterocycles. The van der Waals surface area contributed by atoms with Crippen molar-refractivity contribution in [2.24, 2.45) is 0 Å². The van der Waals surface area contributed by atoms with Gasteiger partial charge in [0.15, 0.2) is 0 Å². The molecule has 0 bridgehead atoms. The molecule has 0 N–H and O–H groups in total. The Labute approximate surface area is 170 Å². The molecule has 0 fully saturated rings. The molecule has 0 aromatic heterocycles. The van der Waals surface area contributed by atoms with Crippen molar-refractivity contribution in [1.29, 1.82) is 0 Å². The Morgan fingerprint density at radius 1 is 1.00 bits per heavy atom. The lowest BCUT2D eigenvalue weighted by Gasteiger charge is -2.07. The first-order valence-electron chi connectivity index (χ1n) is 9.68. The molecule has 0 unspecified atom stereocenters. The molecule has 0 aliphatic carbocycles. The highest BCUT2D eigenvalue weighted by molar-refractivity contribution is 6.30. The molecule has 0 saturated carbocycles. The van der Waals surface area contributed by atoms with Crippen LogP contribution in [0.15, 0.2) is 18.2 Å². The van der Waals surface area contributed by atoms with Gasteiger partial charge < -0.3 is 9.47 Å². The molecule has 7 nitrogen and oxygen atoms in total. The summed E-state index contributed by atoms with van der Waals surface area (Å²) in [6, 6.07) is 4.12. The Balaban J connectivity index is 2.18. The molecule has 28 heavy (non-hydrogen) atoms. The fourth-order valence-electron chi connectivity index (χ4n) is 2.58. The number of carbonyl (C=O) groups excluding carboxylic acids is 2. The second-order valence-corrected chi connectivity index (χ2v) is 6.97. The lowest BCUT2D eigenvalue weighted by Crippen LogP contribution is -2.11. The number of halogens is 1. The minimum Gasteiger partial charge on any atom is -0.466 e. The normalized spacial score (nSPS) is 10.5. The zero-order valence-electron chi connectivity index (χ0n) is 16.3. The molecular weight excluding hydrogens is 386 g/mol. The van der Waals surface area contributed by atoms with Crippen LogP contribution in [0.4, 0.5) is 5.69 Å². The molecule has 8 heteroatoms. The van der Waals surface area contributed by atoms with Crippen LogP contribution in [0.3, 0.4) is 0 Å². The van der Waals surface area contributed by atoms with Crippen molar-refractivity contribution < 1.29 is 24.0 Å². The van der Waals surface area contributed by atoms with Crippen LogP contribution in [0.1, 0.15) is 70.3 Å². The van der Waals surface area contributed by atoms with Crippen LogP contribution < -0.4 is 0 Å². The molecule has 0 amide bonds. The summed E-state index contributed by atoms with van der Waals surface area (Å²) in [4.78, 5) is 33.8. The van der Waals surface area contributed by atoms with Crippen LogP contribution in [0, 0.1) is 10.1 Å². The van der Waals surface area contributed by atoms with E-state index in [4.69, 9.17) is 21.1 Å². The molecule has 1 rings (SSSR count). The van der Waals surface area contributed by atoms with E-state index < -0.39 is 16.9 Å². The maximum atomic E-state index is 11.7. The zero-order chi connectivity index (χ0) is 20.8. The monoisotopic (exact) mass is 413 g/mol. The molecule has 0 saturated heterocycles. The Hall–Kier alpha value is -2.15. The molecule has 0 spiro atoms. The van der Waals surface area contributed by atoms with Gasteiger partial charge in [0, 0.05) is 11.1 Å². The van der Waals surface area contributed by atoms with Crippen molar-refractivity contribution in [3.8, 4) is 0 Å². The van der Waals surface area contributed by atoms with Gasteiger partial charge in [-0.2, -0.15) is 0 Å². The molecule has 0 radical (unpaired) electrons. The topological polar surface area (TPSA) is 95.7 Å². The Kier molecular flexibility index (Phi) is 11.9. The number of benzene rings is 1. The van der Waals surface area contributed by atoms with Crippen molar-refractivity contribution in [2.75, 3.05) is 6.61 Å². The first kappa shape index (κ1) is 23.9. The van der Waals surface area contributed by atoms with E-state index in [1.165, 1.54) is 43.9 Å². The number of nitro groups is 1. The number of esters is 2. The van der Waals surface area contributed by atoms with E-state index in [0.29, 0.717) is 6.61 Å². The van der Waals surface area contributed by atoms with Crippen LogP contribution in [0.5, 0.6) is 0 Å². The SMILES string of the molecule is CCCCCCCCCOC(=O)CCC(=O)OCc1ccc(Cl)cc1[N+](=O)[O-]. The highest BCUT2D eigenvalue weighted by Gasteiger charge is 2.16. The van der Waals surface area contributed by atoms with E-state index in [2.05, 4.69) is 6.92 Å². The third kappa shape index (κ3) is 10.3. The van der Waals surface area contributed by atoms with E-state index in [0.717, 1.165) is 19.3 Å². The molecular formula is C20H28ClNO6. The molecule has 1 aromatic rings. The largest absolute Gasteiger partial charge is 0.466 e. The number of hydrogen-bond donors (Lipinski definition) is 0. The fraction of sp³-hybridized carbons (Fsp3) is 0.600. The van der Waals surface area contributed by atoms with Crippen molar-refractivity contribution >= 4 is 29.2 Å². The molecule has 156 valence electrons. The maximum absolute atomic E-state index is 11.7. The van der Waals surface area contributed by atoms with Gasteiger partial charge >= 0.3 is 11.9 Å². The zero-order valence-corrected chi connectivity index (χ0v) is 17.0. The number of unbranched alkanes of at least 4 members (excludes halogenated alkanes) is 6. The van der Waals surface area contributed by atoms with Gasteiger partial charge in [-0.1, -0.05) is 57.0 Å². The van der Waals surface area contributed by atoms with Crippen molar-refractivity contribution in [3.63, 3.8) is 0 Å². The Morgan fingerprint density at radius 3 is 2.25 bits per heavy atom. The Bertz CT molecular complexity index is 650. The van der Waals surface area contributed by atoms with Crippen LogP contribution >= 0.6 is 11.6 Å². The third-order valence-electron chi connectivity index (χ3n) is 4.18. The second-order valence-electron chi connectivity index (χ2n) is 6.53. The van der Waals surface area contributed by atoms with E-state index in [1.807, 2.05) is 0 Å². The van der Waals surface area contributed by atoms with Crippen molar-refractivity contribution in [3.05, 3.63) is 38.9 Å². The van der Waals surface area contributed by atoms with E-state index >= 15 is 0 Å². The van der Waals surface area contributed by atoms with Crippen molar-refractivity contribution in [2.45, 2.75) is 71.3 Å². The smallest absolute Gasteiger partial charge is 0.306 e. The van der Waals surface area contributed by atoms with Crippen LogP contribution in [0.25, 0.3) is 0 Å².